The number of rotatable bonds is 8. The molecule has 0 saturated heterocycles. The predicted molar refractivity (Wildman–Crippen MR) is 117 cm³/mol. The molecule has 0 saturated carbocycles. The topological polar surface area (TPSA) is 97.7 Å². The molecule has 0 unspecified atom stereocenters. The molecule has 166 valence electrons. The van der Waals surface area contributed by atoms with E-state index in [0.29, 0.717) is 18.6 Å². The van der Waals surface area contributed by atoms with Gasteiger partial charge in [0.1, 0.15) is 11.6 Å². The molecule has 0 aliphatic carbocycles. The number of ketones is 2. The van der Waals surface area contributed by atoms with Gasteiger partial charge in [0.15, 0.2) is 17.3 Å². The Bertz CT molecular complexity index is 1350. The van der Waals surface area contributed by atoms with Crippen LogP contribution in [0.1, 0.15) is 50.2 Å². The van der Waals surface area contributed by atoms with Crippen LogP contribution in [-0.2, 0) is 12.8 Å². The van der Waals surface area contributed by atoms with Gasteiger partial charge in [-0.25, -0.2) is 4.39 Å². The fourth-order valence-electron chi connectivity index (χ4n) is 3.31. The average Bonchev–Trinajstić information content (AvgIpc) is 3.29. The van der Waals surface area contributed by atoms with E-state index < -0.39 is 28.5 Å². The van der Waals surface area contributed by atoms with Gasteiger partial charge in [-0.2, -0.15) is 0 Å². The van der Waals surface area contributed by atoms with Gasteiger partial charge >= 0.3 is 0 Å². The Morgan fingerprint density at radius 3 is 2.30 bits per heavy atom. The van der Waals surface area contributed by atoms with Crippen LogP contribution in [0, 0.1) is 5.82 Å². The van der Waals surface area contributed by atoms with E-state index in [1.165, 1.54) is 18.2 Å². The maximum Gasteiger partial charge on any atom is 0.267 e. The highest BCUT2D eigenvalue weighted by Gasteiger charge is 2.25. The minimum Gasteiger partial charge on any atom is -0.501 e. The normalized spacial score (nSPS) is 10.8. The van der Waals surface area contributed by atoms with Gasteiger partial charge in [0.25, 0.3) is 5.78 Å². The van der Waals surface area contributed by atoms with Crippen molar-refractivity contribution >= 4 is 11.6 Å². The van der Waals surface area contributed by atoms with Gasteiger partial charge in [0.05, 0.1) is 0 Å². The van der Waals surface area contributed by atoms with E-state index in [1.807, 2.05) is 30.3 Å². The second kappa shape index (κ2) is 9.48. The largest absolute Gasteiger partial charge is 0.501 e. The van der Waals surface area contributed by atoms with Crippen LogP contribution in [0.4, 0.5) is 4.39 Å². The monoisotopic (exact) mass is 446 g/mol. The molecule has 0 radical (unpaired) electrons. The van der Waals surface area contributed by atoms with Crippen molar-refractivity contribution in [2.45, 2.75) is 19.3 Å². The number of Topliss-reactive ketones (excluding diaryl/α,β-unsaturated/α-hetero) is 1. The summed E-state index contributed by atoms with van der Waals surface area (Å²) in [4.78, 5) is 37.6. The van der Waals surface area contributed by atoms with Crippen molar-refractivity contribution in [3.8, 4) is 5.75 Å². The molecule has 0 spiro atoms. The maximum atomic E-state index is 13.1. The molecule has 0 atom stereocenters. The van der Waals surface area contributed by atoms with Gasteiger partial charge < -0.3 is 13.9 Å². The number of carbonyl (C=O) groups is 2. The number of halogens is 1. The maximum absolute atomic E-state index is 13.1. The third-order valence-electron chi connectivity index (χ3n) is 5.06. The smallest absolute Gasteiger partial charge is 0.267 e. The molecule has 0 aliphatic heterocycles. The number of hydrogen-bond acceptors (Lipinski definition) is 6. The first-order valence-electron chi connectivity index (χ1n) is 10.2. The molecule has 2 aromatic carbocycles. The zero-order valence-corrected chi connectivity index (χ0v) is 17.4. The first-order chi connectivity index (χ1) is 15.9. The fraction of sp³-hybridized carbons (Fsp3) is 0.115. The second-order valence-corrected chi connectivity index (χ2v) is 7.46. The number of aryl methyl sites for hydroxylation is 1. The highest BCUT2D eigenvalue weighted by molar-refractivity contribution is 6.07. The van der Waals surface area contributed by atoms with Crippen molar-refractivity contribution in [3.63, 3.8) is 0 Å². The van der Waals surface area contributed by atoms with Gasteiger partial charge in [0.2, 0.25) is 16.9 Å². The zero-order valence-electron chi connectivity index (χ0n) is 17.4. The van der Waals surface area contributed by atoms with Crippen molar-refractivity contribution in [2.75, 3.05) is 0 Å². The predicted octanol–water partition coefficient (Wildman–Crippen LogP) is 4.71. The van der Waals surface area contributed by atoms with Gasteiger partial charge in [-0.15, -0.1) is 0 Å². The molecule has 1 N–H and O–H groups in total. The van der Waals surface area contributed by atoms with Gasteiger partial charge in [-0.3, -0.25) is 14.4 Å². The minimum atomic E-state index is -0.897. The summed E-state index contributed by atoms with van der Waals surface area (Å²) >= 11 is 0. The number of furan rings is 1. The second-order valence-electron chi connectivity index (χ2n) is 7.46. The molecule has 0 fully saturated rings. The van der Waals surface area contributed by atoms with Crippen LogP contribution in [0.5, 0.6) is 5.75 Å². The fourth-order valence-corrected chi connectivity index (χ4v) is 3.31. The summed E-state index contributed by atoms with van der Waals surface area (Å²) < 4.78 is 23.9. The van der Waals surface area contributed by atoms with E-state index in [1.54, 1.807) is 18.2 Å². The van der Waals surface area contributed by atoms with Crippen LogP contribution in [-0.4, -0.2) is 16.7 Å². The molecule has 33 heavy (non-hydrogen) atoms. The first kappa shape index (κ1) is 22.0. The molecule has 0 aliphatic rings. The van der Waals surface area contributed by atoms with Crippen LogP contribution in [0.25, 0.3) is 0 Å². The lowest BCUT2D eigenvalue weighted by atomic mass is 10.1. The first-order valence-corrected chi connectivity index (χ1v) is 10.2. The minimum absolute atomic E-state index is 0.0634. The Hall–Kier alpha value is -4.26. The third-order valence-corrected chi connectivity index (χ3v) is 5.06. The van der Waals surface area contributed by atoms with E-state index in [9.17, 15) is 23.9 Å². The van der Waals surface area contributed by atoms with Crippen LogP contribution in [0.2, 0.25) is 0 Å². The van der Waals surface area contributed by atoms with E-state index in [-0.39, 0.29) is 23.8 Å². The quantitative estimate of drug-likeness (QED) is 0.394. The van der Waals surface area contributed by atoms with Gasteiger partial charge in [-0.05, 0) is 41.8 Å². The summed E-state index contributed by atoms with van der Waals surface area (Å²) in [5, 5.41) is 10.1. The van der Waals surface area contributed by atoms with Gasteiger partial charge in [0, 0.05) is 18.9 Å². The van der Waals surface area contributed by atoms with E-state index in [2.05, 4.69) is 0 Å². The SMILES string of the molecule is O=C(CCc1ccccc1)c1cc(=O)c(O)c(C(=O)c2ccc(Cc3ccc(F)cc3)o2)o1. The van der Waals surface area contributed by atoms with Crippen molar-refractivity contribution in [2.24, 2.45) is 0 Å². The van der Waals surface area contributed by atoms with Crippen LogP contribution < -0.4 is 5.43 Å². The van der Waals surface area contributed by atoms with Crippen molar-refractivity contribution in [3.05, 3.63) is 123 Å². The summed E-state index contributed by atoms with van der Waals surface area (Å²) in [7, 11) is 0. The zero-order chi connectivity index (χ0) is 23.4. The summed E-state index contributed by atoms with van der Waals surface area (Å²) in [6.07, 6.45) is 0.800. The Balaban J connectivity index is 1.53. The number of hydrogen-bond donors (Lipinski definition) is 1. The van der Waals surface area contributed by atoms with Crippen molar-refractivity contribution in [1.82, 2.24) is 0 Å². The van der Waals surface area contributed by atoms with Crippen molar-refractivity contribution in [1.29, 1.82) is 0 Å². The number of carbonyl (C=O) groups excluding carboxylic acids is 2. The lowest BCUT2D eigenvalue weighted by Gasteiger charge is -2.05. The average molecular weight is 446 g/mol. The van der Waals surface area contributed by atoms with Crippen LogP contribution in [0.15, 0.2) is 86.4 Å². The molecular formula is C26H19FO6. The summed E-state index contributed by atoms with van der Waals surface area (Å²) in [5.41, 5.74) is 0.809. The molecule has 0 amide bonds. The van der Waals surface area contributed by atoms with E-state index in [0.717, 1.165) is 17.2 Å². The highest BCUT2D eigenvalue weighted by atomic mass is 19.1. The van der Waals surface area contributed by atoms with Crippen LogP contribution in [0.3, 0.4) is 0 Å². The lowest BCUT2D eigenvalue weighted by molar-refractivity contribution is 0.0932. The Morgan fingerprint density at radius 2 is 1.58 bits per heavy atom. The molecule has 0 bridgehead atoms. The molecule has 6 nitrogen and oxygen atoms in total. The molecule has 2 heterocycles. The molecule has 4 aromatic rings. The molecule has 4 rings (SSSR count). The highest BCUT2D eigenvalue weighted by Crippen LogP contribution is 2.22. The standard InChI is InChI=1S/C26H19FO6/c27-18-9-6-17(7-10-18)14-19-11-13-22(32-19)25(31)26-24(30)21(29)15-23(33-26)20(28)12-8-16-4-2-1-3-5-16/h1-7,9-11,13,15,30H,8,12,14H2. The Labute approximate surface area is 187 Å². The van der Waals surface area contributed by atoms with Gasteiger partial charge in [-0.1, -0.05) is 42.5 Å². The van der Waals surface area contributed by atoms with E-state index in [4.69, 9.17) is 8.83 Å². The summed E-state index contributed by atoms with van der Waals surface area (Å²) in [5.74, 6) is -3.31. The lowest BCUT2D eigenvalue weighted by Crippen LogP contribution is -2.13. The van der Waals surface area contributed by atoms with Crippen molar-refractivity contribution < 1.29 is 27.9 Å². The van der Waals surface area contributed by atoms with Crippen LogP contribution >= 0.6 is 0 Å². The number of benzene rings is 2. The number of aromatic hydroxyl groups is 1. The Kier molecular flexibility index (Phi) is 6.31. The third kappa shape index (κ3) is 5.15. The molecule has 7 heteroatoms. The van der Waals surface area contributed by atoms with E-state index >= 15 is 0 Å². The Morgan fingerprint density at radius 1 is 0.848 bits per heavy atom. The summed E-state index contributed by atoms with van der Waals surface area (Å²) in [6, 6.07) is 18.9. The summed E-state index contributed by atoms with van der Waals surface area (Å²) in [6.45, 7) is 0. The molecule has 2 aromatic heterocycles. The molecular weight excluding hydrogens is 427 g/mol.